The second-order valence-electron chi connectivity index (χ2n) is 9.58. The van der Waals surface area contributed by atoms with E-state index in [1.807, 2.05) is 0 Å². The highest BCUT2D eigenvalue weighted by Gasteiger charge is 2.31. The fourth-order valence-corrected chi connectivity index (χ4v) is 6.22. The van der Waals surface area contributed by atoms with Crippen LogP contribution in [0.4, 0.5) is 4.39 Å². The van der Waals surface area contributed by atoms with Crippen molar-refractivity contribution < 1.29 is 26.8 Å². The van der Waals surface area contributed by atoms with Crippen LogP contribution >= 0.6 is 0 Å². The first-order chi connectivity index (χ1) is 19.4. The smallest absolute Gasteiger partial charge is 0.245 e. The fraction of sp³-hybridized carbons (Fsp3) is 0.310. The number of hydrogen-bond donors (Lipinski definition) is 0. The summed E-state index contributed by atoms with van der Waals surface area (Å²) in [6.07, 6.45) is 3.07. The van der Waals surface area contributed by atoms with Crippen molar-refractivity contribution in [3.63, 3.8) is 0 Å². The van der Waals surface area contributed by atoms with Gasteiger partial charge in [0.05, 0.1) is 38.1 Å². The molecular formula is C29H31FN4O5S. The number of sulfonamides is 1. The lowest BCUT2D eigenvalue weighted by molar-refractivity contribution is -0.133. The maximum Gasteiger partial charge on any atom is 0.245 e. The van der Waals surface area contributed by atoms with Crippen LogP contribution in [0.3, 0.4) is 0 Å². The van der Waals surface area contributed by atoms with Crippen LogP contribution in [-0.2, 0) is 32.6 Å². The number of amides is 1. The number of rotatable bonds is 11. The number of benzene rings is 2. The van der Waals surface area contributed by atoms with Gasteiger partial charge < -0.3 is 14.1 Å². The van der Waals surface area contributed by atoms with E-state index in [4.69, 9.17) is 9.15 Å². The molecule has 40 heavy (non-hydrogen) atoms. The number of hydrogen-bond acceptors (Lipinski definition) is 7. The monoisotopic (exact) mass is 566 g/mol. The van der Waals surface area contributed by atoms with Gasteiger partial charge in [0.2, 0.25) is 15.9 Å². The quantitative estimate of drug-likeness (QED) is 0.274. The first-order valence-corrected chi connectivity index (χ1v) is 14.5. The molecule has 1 saturated heterocycles. The minimum Gasteiger partial charge on any atom is -0.467 e. The zero-order valence-corrected chi connectivity index (χ0v) is 22.8. The van der Waals surface area contributed by atoms with Gasteiger partial charge in [0, 0.05) is 44.3 Å². The molecule has 2 aromatic heterocycles. The Balaban J connectivity index is 1.44. The molecule has 1 aliphatic heterocycles. The molecule has 9 nitrogen and oxygen atoms in total. The SMILES string of the molecule is O=C(CN(CCN1CCOCC1)S(=O)(=O)c1cccc2cccnc12)N(Cc1ccc(F)cc1)Cc1ccco1. The molecule has 3 heterocycles. The number of fused-ring (bicyclic) bond motifs is 1. The summed E-state index contributed by atoms with van der Waals surface area (Å²) in [5, 5.41) is 0.693. The van der Waals surface area contributed by atoms with Crippen molar-refractivity contribution in [1.29, 1.82) is 0 Å². The van der Waals surface area contributed by atoms with Crippen LogP contribution in [0.5, 0.6) is 0 Å². The number of morpholine rings is 1. The summed E-state index contributed by atoms with van der Waals surface area (Å²) in [6, 6.07) is 17.9. The van der Waals surface area contributed by atoms with Crippen LogP contribution in [0.1, 0.15) is 11.3 Å². The van der Waals surface area contributed by atoms with E-state index < -0.39 is 15.9 Å². The maximum atomic E-state index is 14.1. The Hall–Kier alpha value is -3.64. The van der Waals surface area contributed by atoms with Gasteiger partial charge >= 0.3 is 0 Å². The molecular weight excluding hydrogens is 535 g/mol. The molecule has 0 unspecified atom stereocenters. The summed E-state index contributed by atoms with van der Waals surface area (Å²) in [6.45, 7) is 3.01. The van der Waals surface area contributed by atoms with Crippen molar-refractivity contribution >= 4 is 26.8 Å². The number of halogens is 1. The summed E-state index contributed by atoms with van der Waals surface area (Å²) in [5.41, 5.74) is 1.06. The summed E-state index contributed by atoms with van der Waals surface area (Å²) in [7, 11) is -4.11. The fourth-order valence-electron chi connectivity index (χ4n) is 4.67. The number of aromatic nitrogens is 1. The molecule has 0 saturated carbocycles. The van der Waals surface area contributed by atoms with Gasteiger partial charge in [0.25, 0.3) is 0 Å². The van der Waals surface area contributed by atoms with Crippen molar-refractivity contribution in [2.24, 2.45) is 0 Å². The Bertz CT molecular complexity index is 1520. The largest absolute Gasteiger partial charge is 0.467 e. The third-order valence-corrected chi connectivity index (χ3v) is 8.74. The van der Waals surface area contributed by atoms with Crippen LogP contribution in [0.15, 0.2) is 88.5 Å². The number of carbonyl (C=O) groups is 1. The van der Waals surface area contributed by atoms with Crippen molar-refractivity contribution in [2.45, 2.75) is 18.0 Å². The topological polar surface area (TPSA) is 96.2 Å². The molecule has 0 N–H and O–H groups in total. The second kappa shape index (κ2) is 12.7. The standard InChI is InChI=1S/C29H31FN4O5S/c30-25-10-8-23(9-11-25)20-33(21-26-6-3-17-39-26)28(35)22-34(14-13-32-15-18-38-19-16-32)40(36,37)27-7-1-4-24-5-2-12-31-29(24)27/h1-12,17H,13-16,18-22H2. The van der Waals surface area contributed by atoms with E-state index >= 15 is 0 Å². The minimum atomic E-state index is -4.11. The van der Waals surface area contributed by atoms with Crippen LogP contribution in [-0.4, -0.2) is 79.4 Å². The first kappa shape index (κ1) is 27.9. The van der Waals surface area contributed by atoms with Crippen LogP contribution in [0, 0.1) is 5.82 Å². The van der Waals surface area contributed by atoms with Crippen LogP contribution < -0.4 is 0 Å². The zero-order valence-electron chi connectivity index (χ0n) is 22.0. The molecule has 2 aromatic carbocycles. The van der Waals surface area contributed by atoms with E-state index in [9.17, 15) is 17.6 Å². The Morgan fingerprint density at radius 2 is 1.75 bits per heavy atom. The van der Waals surface area contributed by atoms with Gasteiger partial charge in [-0.3, -0.25) is 14.7 Å². The van der Waals surface area contributed by atoms with Gasteiger partial charge in [-0.1, -0.05) is 30.3 Å². The van der Waals surface area contributed by atoms with Crippen LogP contribution in [0.2, 0.25) is 0 Å². The lowest BCUT2D eigenvalue weighted by Crippen LogP contribution is -2.47. The highest BCUT2D eigenvalue weighted by Crippen LogP contribution is 2.24. The molecule has 0 atom stereocenters. The average Bonchev–Trinajstić information content (AvgIpc) is 3.49. The predicted molar refractivity (Wildman–Crippen MR) is 147 cm³/mol. The number of nitrogens with zero attached hydrogens (tertiary/aromatic N) is 4. The third kappa shape index (κ3) is 6.73. The van der Waals surface area contributed by atoms with E-state index in [-0.39, 0.29) is 36.9 Å². The summed E-state index contributed by atoms with van der Waals surface area (Å²) in [5.74, 6) is -0.229. The molecule has 0 aliphatic carbocycles. The van der Waals surface area contributed by atoms with Gasteiger partial charge in [0.1, 0.15) is 16.5 Å². The molecule has 1 aliphatic rings. The van der Waals surface area contributed by atoms with E-state index in [0.717, 1.165) is 0 Å². The predicted octanol–water partition coefficient (Wildman–Crippen LogP) is 3.52. The summed E-state index contributed by atoms with van der Waals surface area (Å²) < 4.78 is 53.9. The van der Waals surface area contributed by atoms with E-state index in [0.29, 0.717) is 55.1 Å². The molecule has 4 aromatic rings. The normalized spacial score (nSPS) is 14.6. The minimum absolute atomic E-state index is 0.0523. The Morgan fingerprint density at radius 3 is 2.50 bits per heavy atom. The van der Waals surface area contributed by atoms with Crippen LogP contribution in [0.25, 0.3) is 10.9 Å². The average molecular weight is 567 g/mol. The number of pyridine rings is 1. The van der Waals surface area contributed by atoms with Gasteiger partial charge in [-0.25, -0.2) is 12.8 Å². The lowest BCUT2D eigenvalue weighted by atomic mass is 10.2. The van der Waals surface area contributed by atoms with Crippen molar-refractivity contribution in [3.8, 4) is 0 Å². The second-order valence-corrected chi connectivity index (χ2v) is 11.5. The molecule has 0 radical (unpaired) electrons. The molecule has 210 valence electrons. The number of ether oxygens (including phenoxy) is 1. The molecule has 1 amide bonds. The van der Waals surface area contributed by atoms with Gasteiger partial charge in [-0.15, -0.1) is 0 Å². The Kier molecular flexibility index (Phi) is 8.85. The zero-order chi connectivity index (χ0) is 28.0. The maximum absolute atomic E-state index is 14.1. The summed E-state index contributed by atoms with van der Waals surface area (Å²) >= 11 is 0. The molecule has 5 rings (SSSR count). The first-order valence-electron chi connectivity index (χ1n) is 13.1. The number of carbonyl (C=O) groups excluding carboxylic acids is 1. The molecule has 11 heteroatoms. The van der Waals surface area contributed by atoms with Gasteiger partial charge in [-0.2, -0.15) is 4.31 Å². The highest BCUT2D eigenvalue weighted by molar-refractivity contribution is 7.89. The van der Waals surface area contributed by atoms with E-state index in [1.54, 1.807) is 54.7 Å². The molecule has 0 bridgehead atoms. The van der Waals surface area contributed by atoms with E-state index in [2.05, 4.69) is 9.88 Å². The van der Waals surface area contributed by atoms with E-state index in [1.165, 1.54) is 33.7 Å². The third-order valence-electron chi connectivity index (χ3n) is 6.86. The lowest BCUT2D eigenvalue weighted by Gasteiger charge is -2.31. The van der Waals surface area contributed by atoms with Gasteiger partial charge in [0.15, 0.2) is 0 Å². The van der Waals surface area contributed by atoms with Crippen molar-refractivity contribution in [1.82, 2.24) is 19.1 Å². The number of furan rings is 1. The molecule has 1 fully saturated rings. The Morgan fingerprint density at radius 1 is 0.975 bits per heavy atom. The van der Waals surface area contributed by atoms with Gasteiger partial charge in [-0.05, 0) is 42.0 Å². The molecule has 0 spiro atoms. The number of para-hydroxylation sites is 1. The highest BCUT2D eigenvalue weighted by atomic mass is 32.2. The van der Waals surface area contributed by atoms with Crippen molar-refractivity contribution in [2.75, 3.05) is 45.9 Å². The van der Waals surface area contributed by atoms with Crippen molar-refractivity contribution in [3.05, 3.63) is 96.3 Å². The summed E-state index contributed by atoms with van der Waals surface area (Å²) in [4.78, 5) is 21.8. The Labute approximate surface area is 232 Å².